The van der Waals surface area contributed by atoms with Crippen LogP contribution in [0.15, 0.2) is 36.4 Å². The van der Waals surface area contributed by atoms with Gasteiger partial charge in [-0.25, -0.2) is 14.0 Å². The van der Waals surface area contributed by atoms with E-state index in [1.165, 1.54) is 19.2 Å². The molecule has 2 N–H and O–H groups in total. The van der Waals surface area contributed by atoms with Crippen molar-refractivity contribution in [3.63, 3.8) is 0 Å². The average Bonchev–Trinajstić information content (AvgIpc) is 2.46. The number of ether oxygens (including phenoxy) is 2. The fraction of sp³-hybridized carbons (Fsp3) is 0.0667. The van der Waals surface area contributed by atoms with Gasteiger partial charge in [0.2, 0.25) is 0 Å². The molecule has 0 saturated carbocycles. The first kappa shape index (κ1) is 15.3. The number of carbonyl (C=O) groups is 2. The molecule has 0 saturated heterocycles. The third-order valence-corrected chi connectivity index (χ3v) is 2.77. The lowest BCUT2D eigenvalue weighted by Gasteiger charge is -2.09. The number of aromatic carboxylic acids is 2. The van der Waals surface area contributed by atoms with Gasteiger partial charge in [-0.05, 0) is 18.2 Å². The summed E-state index contributed by atoms with van der Waals surface area (Å²) in [6, 6.07) is 7.11. The van der Waals surface area contributed by atoms with Crippen LogP contribution in [0.25, 0.3) is 0 Å². The molecule has 0 spiro atoms. The Balaban J connectivity index is 2.38. The van der Waals surface area contributed by atoms with E-state index in [1.54, 1.807) is 0 Å². The van der Waals surface area contributed by atoms with Crippen molar-refractivity contribution in [2.75, 3.05) is 7.11 Å². The average molecular weight is 306 g/mol. The first-order valence-electron chi connectivity index (χ1n) is 6.04. The van der Waals surface area contributed by atoms with Gasteiger partial charge in [-0.15, -0.1) is 0 Å². The first-order chi connectivity index (χ1) is 10.4. The van der Waals surface area contributed by atoms with Crippen LogP contribution in [0.1, 0.15) is 20.7 Å². The Bertz CT molecular complexity index is 741. The van der Waals surface area contributed by atoms with Crippen molar-refractivity contribution < 1.29 is 33.7 Å². The molecule has 0 aliphatic rings. The van der Waals surface area contributed by atoms with Gasteiger partial charge in [0.1, 0.15) is 23.1 Å². The number of methoxy groups -OCH3 is 1. The number of rotatable bonds is 5. The van der Waals surface area contributed by atoms with Gasteiger partial charge >= 0.3 is 11.9 Å². The molecule has 22 heavy (non-hydrogen) atoms. The van der Waals surface area contributed by atoms with Crippen LogP contribution in [0, 0.1) is 5.82 Å². The second-order valence-electron chi connectivity index (χ2n) is 4.25. The van der Waals surface area contributed by atoms with Crippen LogP contribution in [0.3, 0.4) is 0 Å². The summed E-state index contributed by atoms with van der Waals surface area (Å²) in [6.45, 7) is 0. The monoisotopic (exact) mass is 306 g/mol. The van der Waals surface area contributed by atoms with Gasteiger partial charge in [-0.2, -0.15) is 0 Å². The molecule has 0 fully saturated rings. The standard InChI is InChI=1S/C15H11FO6/c1-21-10-4-8(16)5-11(6-10)22-9-2-3-12(14(17)18)13(7-9)15(19)20/h2-7H,1H3,(H,17,18)(H,19,20). The normalized spacial score (nSPS) is 10.1. The molecule has 2 rings (SSSR count). The summed E-state index contributed by atoms with van der Waals surface area (Å²) in [4.78, 5) is 22.0. The van der Waals surface area contributed by atoms with Crippen molar-refractivity contribution >= 4 is 11.9 Å². The van der Waals surface area contributed by atoms with Crippen molar-refractivity contribution in [1.82, 2.24) is 0 Å². The van der Waals surface area contributed by atoms with Crippen molar-refractivity contribution in [2.24, 2.45) is 0 Å². The van der Waals surface area contributed by atoms with Crippen LogP contribution in [-0.4, -0.2) is 29.3 Å². The van der Waals surface area contributed by atoms with Crippen molar-refractivity contribution in [3.05, 3.63) is 53.3 Å². The van der Waals surface area contributed by atoms with E-state index in [1.807, 2.05) is 0 Å². The summed E-state index contributed by atoms with van der Waals surface area (Å²) in [5.74, 6) is -2.96. The summed E-state index contributed by atoms with van der Waals surface area (Å²) in [5.41, 5.74) is -0.787. The van der Waals surface area contributed by atoms with E-state index in [2.05, 4.69) is 0 Å². The Kier molecular flexibility index (Phi) is 4.26. The first-order valence-corrected chi connectivity index (χ1v) is 6.04. The van der Waals surface area contributed by atoms with E-state index < -0.39 is 23.3 Å². The van der Waals surface area contributed by atoms with Gasteiger partial charge in [0.15, 0.2) is 0 Å². The van der Waals surface area contributed by atoms with Gasteiger partial charge in [-0.3, -0.25) is 0 Å². The fourth-order valence-electron chi connectivity index (χ4n) is 1.80. The Morgan fingerprint density at radius 3 is 2.14 bits per heavy atom. The highest BCUT2D eigenvalue weighted by Crippen LogP contribution is 2.28. The highest BCUT2D eigenvalue weighted by Gasteiger charge is 2.17. The number of carboxylic acids is 2. The van der Waals surface area contributed by atoms with Crippen molar-refractivity contribution in [2.45, 2.75) is 0 Å². The van der Waals surface area contributed by atoms with E-state index in [-0.39, 0.29) is 22.8 Å². The van der Waals surface area contributed by atoms with Crippen LogP contribution in [0.5, 0.6) is 17.2 Å². The Hall–Kier alpha value is -3.09. The molecule has 114 valence electrons. The van der Waals surface area contributed by atoms with Gasteiger partial charge in [0.05, 0.1) is 18.2 Å². The topological polar surface area (TPSA) is 93.1 Å². The van der Waals surface area contributed by atoms with Crippen molar-refractivity contribution in [1.29, 1.82) is 0 Å². The summed E-state index contributed by atoms with van der Waals surface area (Å²) >= 11 is 0. The maximum absolute atomic E-state index is 13.4. The van der Waals surface area contributed by atoms with E-state index in [0.717, 1.165) is 24.3 Å². The van der Waals surface area contributed by atoms with Crippen LogP contribution in [0.2, 0.25) is 0 Å². The van der Waals surface area contributed by atoms with E-state index in [0.29, 0.717) is 0 Å². The molecule has 0 atom stereocenters. The van der Waals surface area contributed by atoms with Crippen LogP contribution < -0.4 is 9.47 Å². The zero-order valence-electron chi connectivity index (χ0n) is 11.4. The quantitative estimate of drug-likeness (QED) is 0.882. The zero-order chi connectivity index (χ0) is 16.3. The van der Waals surface area contributed by atoms with Gasteiger partial charge in [0, 0.05) is 18.2 Å². The maximum Gasteiger partial charge on any atom is 0.336 e. The summed E-state index contributed by atoms with van der Waals surface area (Å²) in [7, 11) is 1.36. The largest absolute Gasteiger partial charge is 0.497 e. The van der Waals surface area contributed by atoms with E-state index in [4.69, 9.17) is 19.7 Å². The fourth-order valence-corrected chi connectivity index (χ4v) is 1.80. The molecule has 0 unspecified atom stereocenters. The minimum absolute atomic E-state index is 0.0649. The molecule has 0 aliphatic carbocycles. The van der Waals surface area contributed by atoms with E-state index in [9.17, 15) is 14.0 Å². The number of benzene rings is 2. The predicted molar refractivity (Wildman–Crippen MR) is 73.4 cm³/mol. The molecular weight excluding hydrogens is 295 g/mol. The lowest BCUT2D eigenvalue weighted by molar-refractivity contribution is 0.0651. The third-order valence-electron chi connectivity index (χ3n) is 2.77. The molecule has 0 amide bonds. The zero-order valence-corrected chi connectivity index (χ0v) is 11.4. The number of carboxylic acid groups (broad SMARTS) is 2. The van der Waals surface area contributed by atoms with Crippen molar-refractivity contribution in [3.8, 4) is 17.2 Å². The molecule has 2 aromatic rings. The molecule has 2 aromatic carbocycles. The Labute approximate surface area is 124 Å². The summed E-state index contributed by atoms with van der Waals surface area (Å²) in [6.07, 6.45) is 0. The molecule has 0 radical (unpaired) electrons. The highest BCUT2D eigenvalue weighted by atomic mass is 19.1. The molecular formula is C15H11FO6. The smallest absolute Gasteiger partial charge is 0.336 e. The number of hydrogen-bond donors (Lipinski definition) is 2. The van der Waals surface area contributed by atoms with Gasteiger partial charge in [-0.1, -0.05) is 0 Å². The SMILES string of the molecule is COc1cc(F)cc(Oc2ccc(C(=O)O)c(C(=O)O)c2)c1. The maximum atomic E-state index is 13.4. The molecule has 7 heteroatoms. The van der Waals surface area contributed by atoms with Gasteiger partial charge in [0.25, 0.3) is 0 Å². The van der Waals surface area contributed by atoms with E-state index >= 15 is 0 Å². The predicted octanol–water partition coefficient (Wildman–Crippen LogP) is 3.02. The second kappa shape index (κ2) is 6.13. The minimum atomic E-state index is -1.40. The minimum Gasteiger partial charge on any atom is -0.497 e. The Morgan fingerprint density at radius 2 is 1.55 bits per heavy atom. The van der Waals surface area contributed by atoms with Gasteiger partial charge < -0.3 is 19.7 Å². The summed E-state index contributed by atoms with van der Waals surface area (Å²) < 4.78 is 23.6. The van der Waals surface area contributed by atoms with Crippen LogP contribution >= 0.6 is 0 Å². The lowest BCUT2D eigenvalue weighted by Crippen LogP contribution is -2.07. The molecule has 6 nitrogen and oxygen atoms in total. The molecule has 0 heterocycles. The second-order valence-corrected chi connectivity index (χ2v) is 4.25. The Morgan fingerprint density at radius 1 is 0.909 bits per heavy atom. The molecule has 0 bridgehead atoms. The van der Waals surface area contributed by atoms with Crippen LogP contribution in [-0.2, 0) is 0 Å². The third kappa shape index (κ3) is 3.32. The molecule has 0 aliphatic heterocycles. The highest BCUT2D eigenvalue weighted by molar-refractivity contribution is 6.02. The molecule has 0 aromatic heterocycles. The lowest BCUT2D eigenvalue weighted by atomic mass is 10.1. The van der Waals surface area contributed by atoms with Crippen LogP contribution in [0.4, 0.5) is 4.39 Å². The number of hydrogen-bond acceptors (Lipinski definition) is 4. The number of halogens is 1. The summed E-state index contributed by atoms with van der Waals surface area (Å²) in [5, 5.41) is 18.0.